The minimum atomic E-state index is -0.681. The molecule has 0 heterocycles. The Hall–Kier alpha value is -2.15. The third kappa shape index (κ3) is 11.4. The molecule has 21 heavy (non-hydrogen) atoms. The van der Waals surface area contributed by atoms with E-state index in [0.29, 0.717) is 19.4 Å². The summed E-state index contributed by atoms with van der Waals surface area (Å²) < 4.78 is 19.6. The summed E-state index contributed by atoms with van der Waals surface area (Å²) in [5, 5.41) is 0. The second-order valence-electron chi connectivity index (χ2n) is 3.85. The van der Waals surface area contributed by atoms with Crippen LogP contribution < -0.4 is 0 Å². The van der Waals surface area contributed by atoms with Crippen LogP contribution in [0.2, 0.25) is 0 Å². The summed E-state index contributed by atoms with van der Waals surface area (Å²) in [6, 6.07) is 0. The highest BCUT2D eigenvalue weighted by atomic mass is 16.6. The van der Waals surface area contributed by atoms with E-state index < -0.39 is 18.0 Å². The van der Waals surface area contributed by atoms with Gasteiger partial charge in [-0.1, -0.05) is 13.2 Å². The second-order valence-corrected chi connectivity index (χ2v) is 3.85. The predicted molar refractivity (Wildman–Crippen MR) is 73.3 cm³/mol. The van der Waals surface area contributed by atoms with Crippen molar-refractivity contribution in [2.24, 2.45) is 0 Å². The monoisotopic (exact) mass is 300 g/mol. The first-order chi connectivity index (χ1) is 10.1. The van der Waals surface area contributed by atoms with Crippen molar-refractivity contribution >= 4 is 18.4 Å². The number of unbranched alkanes of at least 4 members (excludes halogenated alkanes) is 1. The molecule has 0 bridgehead atoms. The van der Waals surface area contributed by atoms with Crippen LogP contribution in [0.1, 0.15) is 12.8 Å². The molecule has 1 atom stereocenters. The number of hydrogen-bond donors (Lipinski definition) is 0. The van der Waals surface area contributed by atoms with E-state index in [9.17, 15) is 14.4 Å². The normalized spacial score (nSPS) is 11.0. The summed E-state index contributed by atoms with van der Waals surface area (Å²) >= 11 is 0. The van der Waals surface area contributed by atoms with Crippen molar-refractivity contribution in [3.05, 3.63) is 25.3 Å². The van der Waals surface area contributed by atoms with E-state index in [-0.39, 0.29) is 26.3 Å². The highest BCUT2D eigenvalue weighted by Crippen LogP contribution is 1.99. The third-order valence-corrected chi connectivity index (χ3v) is 2.20. The molecule has 0 aromatic carbocycles. The molecule has 0 N–H and O–H groups in total. The van der Waals surface area contributed by atoms with Gasteiger partial charge in [0, 0.05) is 18.8 Å². The van der Waals surface area contributed by atoms with Crippen LogP contribution in [0.25, 0.3) is 0 Å². The smallest absolute Gasteiger partial charge is 0.330 e. The molecule has 0 saturated heterocycles. The molecular weight excluding hydrogens is 280 g/mol. The molecule has 0 fully saturated rings. The van der Waals surface area contributed by atoms with E-state index in [2.05, 4.69) is 17.9 Å². The first-order valence-corrected chi connectivity index (χ1v) is 6.39. The lowest BCUT2D eigenvalue weighted by Crippen LogP contribution is -2.28. The first kappa shape index (κ1) is 18.9. The zero-order chi connectivity index (χ0) is 15.9. The van der Waals surface area contributed by atoms with Gasteiger partial charge in [-0.3, -0.25) is 4.79 Å². The van der Waals surface area contributed by atoms with Crippen molar-refractivity contribution in [3.8, 4) is 0 Å². The molecule has 0 aromatic heterocycles. The Morgan fingerprint density at radius 3 is 2.29 bits per heavy atom. The summed E-state index contributed by atoms with van der Waals surface area (Å²) in [7, 11) is 0. The molecule has 0 saturated carbocycles. The minimum Gasteiger partial charge on any atom is -0.464 e. The lowest BCUT2D eigenvalue weighted by atomic mass is 10.3. The zero-order valence-corrected chi connectivity index (χ0v) is 11.8. The van der Waals surface area contributed by atoms with Crippen molar-refractivity contribution in [2.75, 3.05) is 26.4 Å². The van der Waals surface area contributed by atoms with Gasteiger partial charge in [-0.25, -0.2) is 9.59 Å². The highest BCUT2D eigenvalue weighted by Gasteiger charge is 2.13. The Labute approximate surface area is 123 Å². The van der Waals surface area contributed by atoms with Crippen LogP contribution in [-0.4, -0.2) is 50.9 Å². The fourth-order valence-electron chi connectivity index (χ4n) is 1.23. The largest absolute Gasteiger partial charge is 0.464 e. The molecule has 7 heteroatoms. The predicted octanol–water partition coefficient (Wildman–Crippen LogP) is 0.783. The van der Waals surface area contributed by atoms with Crippen LogP contribution >= 0.6 is 0 Å². The van der Waals surface area contributed by atoms with Crippen molar-refractivity contribution in [3.63, 3.8) is 0 Å². The van der Waals surface area contributed by atoms with Gasteiger partial charge in [-0.15, -0.1) is 0 Å². The van der Waals surface area contributed by atoms with E-state index in [1.165, 1.54) is 0 Å². The van der Waals surface area contributed by atoms with E-state index in [4.69, 9.17) is 14.2 Å². The van der Waals surface area contributed by atoms with Gasteiger partial charge in [-0.2, -0.15) is 0 Å². The summed E-state index contributed by atoms with van der Waals surface area (Å²) in [5.41, 5.74) is 0. The topological polar surface area (TPSA) is 88.1 Å². The molecule has 7 nitrogen and oxygen atoms in total. The SMILES string of the molecule is C=CC(=O)OCCCCOCC(COC=O)OC(=O)C=C. The summed E-state index contributed by atoms with van der Waals surface area (Å²) in [5.74, 6) is -1.08. The van der Waals surface area contributed by atoms with Crippen LogP contribution in [0.15, 0.2) is 25.3 Å². The molecule has 0 spiro atoms. The van der Waals surface area contributed by atoms with Crippen LogP contribution in [0.5, 0.6) is 0 Å². The number of hydrogen-bond acceptors (Lipinski definition) is 7. The van der Waals surface area contributed by atoms with E-state index in [0.717, 1.165) is 12.2 Å². The Kier molecular flexibility index (Phi) is 11.5. The third-order valence-electron chi connectivity index (χ3n) is 2.20. The van der Waals surface area contributed by atoms with Gasteiger partial charge in [0.25, 0.3) is 6.47 Å². The van der Waals surface area contributed by atoms with Crippen LogP contribution in [0.3, 0.4) is 0 Å². The van der Waals surface area contributed by atoms with Crippen LogP contribution in [0, 0.1) is 0 Å². The lowest BCUT2D eigenvalue weighted by molar-refractivity contribution is -0.153. The highest BCUT2D eigenvalue weighted by molar-refractivity contribution is 5.81. The minimum absolute atomic E-state index is 0.0833. The van der Waals surface area contributed by atoms with Crippen molar-refractivity contribution in [1.82, 2.24) is 0 Å². The molecule has 1 unspecified atom stereocenters. The molecule has 0 amide bonds. The number of esters is 2. The van der Waals surface area contributed by atoms with Gasteiger partial charge >= 0.3 is 11.9 Å². The van der Waals surface area contributed by atoms with Crippen molar-refractivity contribution in [2.45, 2.75) is 18.9 Å². The molecule has 0 radical (unpaired) electrons. The van der Waals surface area contributed by atoms with Gasteiger partial charge in [0.05, 0.1) is 13.2 Å². The average Bonchev–Trinajstić information content (AvgIpc) is 2.50. The van der Waals surface area contributed by atoms with Crippen molar-refractivity contribution in [1.29, 1.82) is 0 Å². The van der Waals surface area contributed by atoms with Gasteiger partial charge in [-0.05, 0) is 12.8 Å². The maximum absolute atomic E-state index is 11.1. The second kappa shape index (κ2) is 12.9. The summed E-state index contributed by atoms with van der Waals surface area (Å²) in [6.07, 6.45) is 2.74. The average molecular weight is 300 g/mol. The molecule has 0 aliphatic heterocycles. The van der Waals surface area contributed by atoms with Gasteiger partial charge in [0.15, 0.2) is 6.10 Å². The number of carbonyl (C=O) groups excluding carboxylic acids is 3. The fraction of sp³-hybridized carbons (Fsp3) is 0.500. The van der Waals surface area contributed by atoms with Gasteiger partial charge in [0.1, 0.15) is 6.61 Å². The first-order valence-electron chi connectivity index (χ1n) is 6.39. The Balaban J connectivity index is 3.73. The van der Waals surface area contributed by atoms with Crippen LogP contribution in [-0.2, 0) is 33.3 Å². The van der Waals surface area contributed by atoms with E-state index in [1.54, 1.807) is 0 Å². The summed E-state index contributed by atoms with van der Waals surface area (Å²) in [6.45, 7) is 7.52. The molecule has 118 valence electrons. The maximum Gasteiger partial charge on any atom is 0.330 e. The maximum atomic E-state index is 11.1. The van der Waals surface area contributed by atoms with E-state index >= 15 is 0 Å². The fourth-order valence-corrected chi connectivity index (χ4v) is 1.23. The molecule has 0 rings (SSSR count). The molecule has 0 aliphatic rings. The Morgan fingerprint density at radius 2 is 1.67 bits per heavy atom. The number of rotatable bonds is 13. The van der Waals surface area contributed by atoms with E-state index in [1.807, 2.05) is 0 Å². The molecule has 0 aliphatic carbocycles. The van der Waals surface area contributed by atoms with Crippen LogP contribution in [0.4, 0.5) is 0 Å². The summed E-state index contributed by atoms with van der Waals surface area (Å²) in [4.78, 5) is 31.9. The Morgan fingerprint density at radius 1 is 1.00 bits per heavy atom. The standard InChI is InChI=1S/C14H20O7/c1-3-13(16)20-8-6-5-7-18-9-12(10-19-11-15)21-14(17)4-2/h3-4,11-12H,1-2,5-10H2. The molecule has 0 aromatic rings. The number of ether oxygens (including phenoxy) is 4. The van der Waals surface area contributed by atoms with Gasteiger partial charge < -0.3 is 18.9 Å². The van der Waals surface area contributed by atoms with Crippen molar-refractivity contribution < 1.29 is 33.3 Å². The zero-order valence-electron chi connectivity index (χ0n) is 11.8. The molecular formula is C14H20O7. The quantitative estimate of drug-likeness (QED) is 0.163. The Bertz CT molecular complexity index is 351. The lowest BCUT2D eigenvalue weighted by Gasteiger charge is -2.16. The number of carbonyl (C=O) groups is 3. The van der Waals surface area contributed by atoms with Gasteiger partial charge in [0.2, 0.25) is 0 Å².